The molecule has 0 radical (unpaired) electrons. The average Bonchev–Trinajstić information content (AvgIpc) is 2.32. The number of hydrogen-bond donors (Lipinski definition) is 0. The maximum absolute atomic E-state index is 12.2. The lowest BCUT2D eigenvalue weighted by molar-refractivity contribution is -0.121. The molecule has 18 heavy (non-hydrogen) atoms. The fourth-order valence-corrected chi connectivity index (χ4v) is 1.74. The molecule has 1 aliphatic carbocycles. The molecule has 0 amide bonds. The van der Waals surface area contributed by atoms with Crippen molar-refractivity contribution >= 4 is 11.6 Å². The Morgan fingerprint density at radius 3 is 2.00 bits per heavy atom. The van der Waals surface area contributed by atoms with Gasteiger partial charge in [-0.1, -0.05) is 11.6 Å². The van der Waals surface area contributed by atoms with Crippen molar-refractivity contribution in [1.29, 1.82) is 0 Å². The summed E-state index contributed by atoms with van der Waals surface area (Å²) >= 11 is 0. The van der Waals surface area contributed by atoms with E-state index in [-0.39, 0.29) is 23.1 Å². The second-order valence-electron chi connectivity index (χ2n) is 4.31. The van der Waals surface area contributed by atoms with Gasteiger partial charge < -0.3 is 9.47 Å². The van der Waals surface area contributed by atoms with Gasteiger partial charge in [-0.3, -0.25) is 9.59 Å². The van der Waals surface area contributed by atoms with Crippen LogP contribution in [0.3, 0.4) is 0 Å². The number of hydrogen-bond acceptors (Lipinski definition) is 4. The molecule has 98 valence electrons. The Labute approximate surface area is 107 Å². The fraction of sp³-hybridized carbons (Fsp3) is 0.429. The highest BCUT2D eigenvalue weighted by atomic mass is 16.5. The lowest BCUT2D eigenvalue weighted by Crippen LogP contribution is -2.24. The minimum atomic E-state index is -0.286. The smallest absolute Gasteiger partial charge is 0.228 e. The first-order valence-electron chi connectivity index (χ1n) is 5.68. The molecule has 0 heterocycles. The van der Waals surface area contributed by atoms with Crippen LogP contribution in [0.1, 0.15) is 27.2 Å². The average molecular weight is 250 g/mol. The number of methoxy groups -OCH3 is 2. The van der Waals surface area contributed by atoms with E-state index in [1.165, 1.54) is 14.2 Å². The minimum absolute atomic E-state index is 0.00902. The van der Waals surface area contributed by atoms with Gasteiger partial charge in [0.05, 0.1) is 14.2 Å². The van der Waals surface area contributed by atoms with Crippen molar-refractivity contribution in [3.8, 4) is 0 Å². The Bertz CT molecular complexity index is 474. The molecule has 0 fully saturated rings. The summed E-state index contributed by atoms with van der Waals surface area (Å²) in [6, 6.07) is 0. The van der Waals surface area contributed by atoms with E-state index in [4.69, 9.17) is 9.47 Å². The number of rotatable bonds is 4. The van der Waals surface area contributed by atoms with E-state index in [0.29, 0.717) is 17.6 Å². The molecule has 0 aromatic carbocycles. The van der Waals surface area contributed by atoms with Crippen LogP contribution in [-0.2, 0) is 19.1 Å². The van der Waals surface area contributed by atoms with Crippen molar-refractivity contribution in [3.05, 3.63) is 34.3 Å². The first kappa shape index (κ1) is 14.2. The normalized spacial score (nSPS) is 16.1. The summed E-state index contributed by atoms with van der Waals surface area (Å²) in [5.74, 6) is -0.582. The summed E-state index contributed by atoms with van der Waals surface area (Å²) in [4.78, 5) is 24.2. The SMILES string of the molecule is COC1=C(OC)C(=O)C(CC=C(C)C)=C(C)C1=O. The Morgan fingerprint density at radius 1 is 1.06 bits per heavy atom. The Hall–Kier alpha value is -1.84. The van der Waals surface area contributed by atoms with E-state index in [1.54, 1.807) is 6.92 Å². The van der Waals surface area contributed by atoms with Crippen molar-refractivity contribution in [2.75, 3.05) is 14.2 Å². The van der Waals surface area contributed by atoms with Gasteiger partial charge in [0.2, 0.25) is 23.1 Å². The lowest BCUT2D eigenvalue weighted by atomic mass is 9.90. The number of ketones is 2. The number of carbonyl (C=O) groups is 2. The predicted molar refractivity (Wildman–Crippen MR) is 67.8 cm³/mol. The molecular formula is C14H18O4. The van der Waals surface area contributed by atoms with Crippen LogP contribution < -0.4 is 0 Å². The van der Waals surface area contributed by atoms with E-state index in [1.807, 2.05) is 19.9 Å². The summed E-state index contributed by atoms with van der Waals surface area (Å²) in [6.45, 7) is 5.53. The largest absolute Gasteiger partial charge is 0.489 e. The van der Waals surface area contributed by atoms with E-state index in [9.17, 15) is 9.59 Å². The van der Waals surface area contributed by atoms with Crippen molar-refractivity contribution in [3.63, 3.8) is 0 Å². The van der Waals surface area contributed by atoms with Crippen LogP contribution in [-0.4, -0.2) is 25.8 Å². The first-order valence-corrected chi connectivity index (χ1v) is 5.68. The molecule has 0 saturated heterocycles. The van der Waals surface area contributed by atoms with Gasteiger partial charge in [0.25, 0.3) is 0 Å². The molecule has 1 aliphatic rings. The summed E-state index contributed by atoms with van der Waals surface area (Å²) in [5.41, 5.74) is 1.99. The van der Waals surface area contributed by atoms with Gasteiger partial charge in [0, 0.05) is 11.1 Å². The number of carbonyl (C=O) groups excluding carboxylic acids is 2. The van der Waals surface area contributed by atoms with Crippen LogP contribution in [0.15, 0.2) is 34.3 Å². The molecule has 0 aromatic heterocycles. The van der Waals surface area contributed by atoms with Gasteiger partial charge in [0.1, 0.15) is 0 Å². The Balaban J connectivity index is 3.22. The van der Waals surface area contributed by atoms with Crippen LogP contribution in [0, 0.1) is 0 Å². The zero-order valence-electron chi connectivity index (χ0n) is 11.4. The molecule has 0 aliphatic heterocycles. The van der Waals surface area contributed by atoms with Crippen LogP contribution in [0.5, 0.6) is 0 Å². The van der Waals surface area contributed by atoms with Crippen molar-refractivity contribution in [2.45, 2.75) is 27.2 Å². The molecule has 0 saturated carbocycles. The molecule has 0 N–H and O–H groups in total. The third kappa shape index (κ3) is 2.53. The highest BCUT2D eigenvalue weighted by Gasteiger charge is 2.33. The molecule has 0 aromatic rings. The molecule has 1 rings (SSSR count). The van der Waals surface area contributed by atoms with Gasteiger partial charge in [-0.15, -0.1) is 0 Å². The summed E-state index contributed by atoms with van der Waals surface area (Å²) in [5, 5.41) is 0. The van der Waals surface area contributed by atoms with Crippen molar-refractivity contribution in [1.82, 2.24) is 0 Å². The third-order valence-corrected chi connectivity index (χ3v) is 2.81. The maximum atomic E-state index is 12.2. The molecule has 4 nitrogen and oxygen atoms in total. The van der Waals surface area contributed by atoms with Gasteiger partial charge >= 0.3 is 0 Å². The minimum Gasteiger partial charge on any atom is -0.489 e. The topological polar surface area (TPSA) is 52.6 Å². The van der Waals surface area contributed by atoms with Crippen LogP contribution in [0.2, 0.25) is 0 Å². The fourth-order valence-electron chi connectivity index (χ4n) is 1.74. The first-order chi connectivity index (χ1) is 8.43. The van der Waals surface area contributed by atoms with Crippen molar-refractivity contribution in [2.24, 2.45) is 0 Å². The number of ether oxygens (including phenoxy) is 2. The monoisotopic (exact) mass is 250 g/mol. The van der Waals surface area contributed by atoms with E-state index in [0.717, 1.165) is 5.57 Å². The van der Waals surface area contributed by atoms with E-state index < -0.39 is 0 Å². The summed E-state index contributed by atoms with van der Waals surface area (Å²) in [7, 11) is 2.71. The number of Topliss-reactive ketones (excluding diaryl/α,β-unsaturated/α-hetero) is 2. The van der Waals surface area contributed by atoms with Gasteiger partial charge in [-0.2, -0.15) is 0 Å². The molecular weight excluding hydrogens is 232 g/mol. The van der Waals surface area contributed by atoms with Crippen molar-refractivity contribution < 1.29 is 19.1 Å². The number of allylic oxidation sites excluding steroid dienone is 4. The molecule has 0 spiro atoms. The third-order valence-electron chi connectivity index (χ3n) is 2.81. The lowest BCUT2D eigenvalue weighted by Gasteiger charge is -2.19. The second kappa shape index (κ2) is 5.67. The quantitative estimate of drug-likeness (QED) is 0.567. The molecule has 0 unspecified atom stereocenters. The zero-order valence-corrected chi connectivity index (χ0v) is 11.4. The molecule has 0 bridgehead atoms. The highest BCUT2D eigenvalue weighted by Crippen LogP contribution is 2.27. The molecule has 0 atom stereocenters. The standard InChI is InChI=1S/C14H18O4/c1-8(2)6-7-10-9(3)11(15)13(17-4)14(18-5)12(10)16/h6H,7H2,1-5H3. The van der Waals surface area contributed by atoms with Crippen LogP contribution in [0.25, 0.3) is 0 Å². The summed E-state index contributed by atoms with van der Waals surface area (Å²) in [6.07, 6.45) is 2.34. The van der Waals surface area contributed by atoms with Crippen LogP contribution in [0.4, 0.5) is 0 Å². The van der Waals surface area contributed by atoms with Gasteiger partial charge in [-0.25, -0.2) is 0 Å². The predicted octanol–water partition coefficient (Wildman–Crippen LogP) is 2.32. The van der Waals surface area contributed by atoms with Crippen LogP contribution >= 0.6 is 0 Å². The summed E-state index contributed by atoms with van der Waals surface area (Å²) < 4.78 is 9.95. The van der Waals surface area contributed by atoms with E-state index >= 15 is 0 Å². The maximum Gasteiger partial charge on any atom is 0.228 e. The Morgan fingerprint density at radius 2 is 1.56 bits per heavy atom. The van der Waals surface area contributed by atoms with Gasteiger partial charge in [0.15, 0.2) is 0 Å². The zero-order chi connectivity index (χ0) is 13.9. The highest BCUT2D eigenvalue weighted by molar-refractivity contribution is 6.23. The molecule has 4 heteroatoms. The van der Waals surface area contributed by atoms with E-state index in [2.05, 4.69) is 0 Å². The van der Waals surface area contributed by atoms with Gasteiger partial charge in [-0.05, 0) is 27.2 Å². The second-order valence-corrected chi connectivity index (χ2v) is 4.31. The Kier molecular flexibility index (Phi) is 4.48.